The van der Waals surface area contributed by atoms with Gasteiger partial charge in [-0.25, -0.2) is 8.78 Å². The van der Waals surface area contributed by atoms with Crippen LogP contribution in [-0.2, 0) is 0 Å². The van der Waals surface area contributed by atoms with Gasteiger partial charge in [0.2, 0.25) is 0 Å². The lowest BCUT2D eigenvalue weighted by molar-refractivity contribution is -0.375. The molecule has 27 heavy (non-hydrogen) atoms. The molecule has 0 spiro atoms. The Hall–Kier alpha value is -2.06. The molecule has 0 unspecified atom stereocenters. The minimum atomic E-state index is -4.04. The molecule has 4 nitrogen and oxygen atoms in total. The van der Waals surface area contributed by atoms with E-state index in [2.05, 4.69) is 4.74 Å². The van der Waals surface area contributed by atoms with Gasteiger partial charge in [0, 0.05) is 16.8 Å². The standard InChI is InChI=1S/C14H13F3O4.2C2H6.CH3F/c1-6(2)8-3-7(18)4-9-12(8)11(21-14(17,19)20)5-10(15)13(9)16;3*1-2/h3-6,18-20H,1-2H3;2*1-2H3;1H3. The molecular weight excluding hydrogens is 368 g/mol. The highest BCUT2D eigenvalue weighted by Gasteiger charge is 2.28. The molecule has 0 amide bonds. The van der Waals surface area contributed by atoms with Crippen molar-refractivity contribution in [2.45, 2.75) is 53.7 Å². The molecule has 3 N–H and O–H groups in total. The fourth-order valence-corrected chi connectivity index (χ4v) is 2.15. The smallest absolute Gasteiger partial charge is 0.492 e. The van der Waals surface area contributed by atoms with Crippen LogP contribution in [0.25, 0.3) is 10.8 Å². The van der Waals surface area contributed by atoms with Crippen LogP contribution in [0.15, 0.2) is 18.2 Å². The summed E-state index contributed by atoms with van der Waals surface area (Å²) >= 11 is 0. The Labute approximate surface area is 157 Å². The van der Waals surface area contributed by atoms with E-state index in [-0.39, 0.29) is 22.4 Å². The first-order valence-corrected chi connectivity index (χ1v) is 8.45. The second kappa shape index (κ2) is 12.3. The molecule has 0 saturated carbocycles. The Bertz CT molecular complexity index is 698. The summed E-state index contributed by atoms with van der Waals surface area (Å²) in [6.45, 7) is 11.4. The molecule has 0 bridgehead atoms. The van der Waals surface area contributed by atoms with Crippen molar-refractivity contribution in [3.8, 4) is 11.5 Å². The van der Waals surface area contributed by atoms with Crippen LogP contribution in [0.5, 0.6) is 11.5 Å². The zero-order valence-electron chi connectivity index (χ0n) is 16.6. The third-order valence-electron chi connectivity index (χ3n) is 2.97. The van der Waals surface area contributed by atoms with Gasteiger partial charge in [-0.3, -0.25) is 4.39 Å². The van der Waals surface area contributed by atoms with E-state index in [1.807, 2.05) is 27.7 Å². The van der Waals surface area contributed by atoms with Gasteiger partial charge in [0.25, 0.3) is 0 Å². The van der Waals surface area contributed by atoms with Crippen LogP contribution in [0, 0.1) is 11.6 Å². The molecule has 2 aromatic carbocycles. The summed E-state index contributed by atoms with van der Waals surface area (Å²) in [6.07, 6.45) is -4.04. The van der Waals surface area contributed by atoms with E-state index < -0.39 is 23.6 Å². The monoisotopic (exact) mass is 396 g/mol. The molecule has 156 valence electrons. The molecule has 0 heterocycles. The molecule has 0 aromatic heterocycles. The van der Waals surface area contributed by atoms with E-state index >= 15 is 0 Å². The van der Waals surface area contributed by atoms with Gasteiger partial charge < -0.3 is 20.1 Å². The van der Waals surface area contributed by atoms with Gasteiger partial charge in [-0.1, -0.05) is 41.5 Å². The number of hydrogen-bond acceptors (Lipinski definition) is 4. The van der Waals surface area contributed by atoms with Gasteiger partial charge in [0.05, 0.1) is 7.18 Å². The van der Waals surface area contributed by atoms with Crippen molar-refractivity contribution in [1.82, 2.24) is 0 Å². The molecule has 2 aromatic rings. The average molecular weight is 396 g/mol. The molecule has 0 aliphatic carbocycles. The Morgan fingerprint density at radius 2 is 1.44 bits per heavy atom. The molecular formula is C19H28F4O4. The first-order valence-electron chi connectivity index (χ1n) is 8.45. The predicted molar refractivity (Wildman–Crippen MR) is 98.3 cm³/mol. The lowest BCUT2D eigenvalue weighted by Gasteiger charge is -2.19. The fourth-order valence-electron chi connectivity index (χ4n) is 2.15. The summed E-state index contributed by atoms with van der Waals surface area (Å²) in [5.74, 6) is -3.77. The maximum Gasteiger partial charge on any atom is 0.492 e. The summed E-state index contributed by atoms with van der Waals surface area (Å²) < 4.78 is 54.0. The Balaban J connectivity index is 0. The van der Waals surface area contributed by atoms with Crippen LogP contribution in [0.3, 0.4) is 0 Å². The van der Waals surface area contributed by atoms with Crippen molar-refractivity contribution >= 4 is 10.8 Å². The number of phenolic OH excluding ortho intramolecular Hbond substituents is 1. The van der Waals surface area contributed by atoms with E-state index in [0.29, 0.717) is 18.8 Å². The third-order valence-corrected chi connectivity index (χ3v) is 2.97. The predicted octanol–water partition coefficient (Wildman–Crippen LogP) is 5.53. The largest absolute Gasteiger partial charge is 0.508 e. The minimum absolute atomic E-state index is 0.0492. The summed E-state index contributed by atoms with van der Waals surface area (Å²) in [6, 6.07) is 2.74. The normalized spacial score (nSPS) is 10.1. The number of phenols is 1. The van der Waals surface area contributed by atoms with Crippen LogP contribution in [0.1, 0.15) is 53.0 Å². The number of aliphatic hydroxyl groups is 2. The fraction of sp³-hybridized carbons (Fsp3) is 0.474. The average Bonchev–Trinajstić information content (AvgIpc) is 2.62. The summed E-state index contributed by atoms with van der Waals surface area (Å²) in [5.41, 5.74) is 0.336. The SMILES string of the molecule is CC.CC.CC(C)c1cc(O)cc2c(F)c(F)cc(OC(O)(O)F)c12.CF. The molecule has 0 fully saturated rings. The number of rotatable bonds is 3. The van der Waals surface area contributed by atoms with Crippen LogP contribution >= 0.6 is 0 Å². The van der Waals surface area contributed by atoms with Crippen molar-refractivity contribution in [2.24, 2.45) is 0 Å². The van der Waals surface area contributed by atoms with E-state index in [9.17, 15) is 22.7 Å². The Morgan fingerprint density at radius 1 is 0.963 bits per heavy atom. The molecule has 2 rings (SSSR count). The van der Waals surface area contributed by atoms with Crippen molar-refractivity contribution in [2.75, 3.05) is 7.18 Å². The Morgan fingerprint density at radius 3 is 1.85 bits per heavy atom. The third kappa shape index (κ3) is 7.60. The number of fused-ring (bicyclic) bond motifs is 1. The highest BCUT2D eigenvalue weighted by molar-refractivity contribution is 5.93. The zero-order valence-corrected chi connectivity index (χ0v) is 16.6. The molecule has 0 radical (unpaired) electrons. The number of halogens is 4. The highest BCUT2D eigenvalue weighted by Crippen LogP contribution is 2.39. The van der Waals surface area contributed by atoms with Crippen molar-refractivity contribution in [1.29, 1.82) is 0 Å². The topological polar surface area (TPSA) is 69.9 Å². The first kappa shape index (κ1) is 27.2. The number of aromatic hydroxyl groups is 1. The highest BCUT2D eigenvalue weighted by atomic mass is 19.2. The lowest BCUT2D eigenvalue weighted by Crippen LogP contribution is -2.29. The van der Waals surface area contributed by atoms with Crippen molar-refractivity contribution < 1.29 is 37.6 Å². The van der Waals surface area contributed by atoms with Crippen molar-refractivity contribution in [3.05, 3.63) is 35.4 Å². The molecule has 0 aliphatic rings. The lowest BCUT2D eigenvalue weighted by atomic mass is 9.94. The number of hydrogen-bond donors (Lipinski definition) is 3. The van der Waals surface area contributed by atoms with Gasteiger partial charge in [0.15, 0.2) is 11.6 Å². The molecule has 0 aliphatic heterocycles. The van der Waals surface area contributed by atoms with Crippen LogP contribution in [-0.4, -0.2) is 28.7 Å². The maximum atomic E-state index is 13.9. The Kier molecular flexibility index (Phi) is 12.4. The second-order valence-electron chi connectivity index (χ2n) is 4.91. The van der Waals surface area contributed by atoms with Gasteiger partial charge >= 0.3 is 6.23 Å². The van der Waals surface area contributed by atoms with E-state index in [4.69, 9.17) is 10.2 Å². The number of ether oxygens (including phenoxy) is 1. The van der Waals surface area contributed by atoms with Gasteiger partial charge in [-0.05, 0) is 23.6 Å². The van der Waals surface area contributed by atoms with Crippen molar-refractivity contribution in [3.63, 3.8) is 0 Å². The van der Waals surface area contributed by atoms with E-state index in [1.165, 1.54) is 6.07 Å². The molecule has 0 saturated heterocycles. The number of alkyl halides is 2. The summed E-state index contributed by atoms with van der Waals surface area (Å²) in [7, 11) is 0.500. The summed E-state index contributed by atoms with van der Waals surface area (Å²) in [4.78, 5) is 0. The van der Waals surface area contributed by atoms with Crippen LogP contribution in [0.2, 0.25) is 0 Å². The first-order chi connectivity index (χ1) is 12.6. The van der Waals surface area contributed by atoms with E-state index in [1.54, 1.807) is 13.8 Å². The second-order valence-corrected chi connectivity index (χ2v) is 4.91. The van der Waals surface area contributed by atoms with E-state index in [0.717, 1.165) is 6.07 Å². The maximum absolute atomic E-state index is 13.9. The zero-order chi connectivity index (χ0) is 21.9. The molecule has 8 heteroatoms. The number of benzene rings is 2. The van der Waals surface area contributed by atoms with Crippen LogP contribution in [0.4, 0.5) is 17.6 Å². The minimum Gasteiger partial charge on any atom is -0.508 e. The summed E-state index contributed by atoms with van der Waals surface area (Å²) in [5, 5.41) is 26.5. The molecule has 0 atom stereocenters. The van der Waals surface area contributed by atoms with Crippen LogP contribution < -0.4 is 4.74 Å². The van der Waals surface area contributed by atoms with Gasteiger partial charge in [-0.15, -0.1) is 4.39 Å². The van der Waals surface area contributed by atoms with Gasteiger partial charge in [0.1, 0.15) is 11.5 Å². The van der Waals surface area contributed by atoms with Gasteiger partial charge in [-0.2, -0.15) is 0 Å². The quantitative estimate of drug-likeness (QED) is 0.471.